The van der Waals surface area contributed by atoms with Crippen molar-refractivity contribution in [3.63, 3.8) is 0 Å². The summed E-state index contributed by atoms with van der Waals surface area (Å²) in [5, 5.41) is 36.1. The molecule has 0 aliphatic carbocycles. The summed E-state index contributed by atoms with van der Waals surface area (Å²) in [6, 6.07) is 47.6. The van der Waals surface area contributed by atoms with E-state index >= 15 is 0 Å². The number of aryl methyl sites for hydroxylation is 1. The zero-order valence-electron chi connectivity index (χ0n) is 35.0. The van der Waals surface area contributed by atoms with Crippen molar-refractivity contribution in [2.45, 2.75) is 14.3 Å². The summed E-state index contributed by atoms with van der Waals surface area (Å²) in [7, 11) is 0. The molecule has 4 aromatic heterocycles. The van der Waals surface area contributed by atoms with Crippen LogP contribution in [-0.2, 0) is 37.1 Å². The fourth-order valence-corrected chi connectivity index (χ4v) is 8.56. The van der Waals surface area contributed by atoms with E-state index in [9.17, 15) is 5.26 Å². The van der Waals surface area contributed by atoms with Crippen molar-refractivity contribution in [1.29, 1.82) is 21.0 Å². The zero-order valence-corrected chi connectivity index (χ0v) is 56.3. The average Bonchev–Trinajstić information content (AvgIpc) is 4.13. The molecule has 0 aliphatic heterocycles. The normalized spacial score (nSPS) is 8.75. The van der Waals surface area contributed by atoms with Crippen molar-refractivity contribution in [2.75, 3.05) is 2.43 Å². The van der Waals surface area contributed by atoms with E-state index in [1.807, 2.05) is 157 Å². The first-order chi connectivity index (χ1) is 31.4. The Morgan fingerprint density at radius 2 is 0.797 bits per heavy atom. The van der Waals surface area contributed by atoms with Crippen molar-refractivity contribution >= 4 is 216 Å². The van der Waals surface area contributed by atoms with E-state index in [4.69, 9.17) is 50.6 Å². The first-order valence-corrected chi connectivity index (χ1v) is 30.0. The van der Waals surface area contributed by atoms with E-state index < -0.39 is 0 Å². The Bertz CT molecular complexity index is 2630. The largest absolute Gasteiger partial charge is 0.358 e. The molecule has 8 nitrogen and oxygen atoms in total. The second-order valence-corrected chi connectivity index (χ2v) is 31.0. The van der Waals surface area contributed by atoms with Gasteiger partial charge in [-0.2, -0.15) is 38.5 Å². The maximum atomic E-state index is 9.43. The van der Waals surface area contributed by atoms with Crippen LogP contribution in [0.25, 0.3) is 42.6 Å². The number of halogens is 9. The van der Waals surface area contributed by atoms with Crippen LogP contribution in [0.3, 0.4) is 0 Å². The van der Waals surface area contributed by atoms with Crippen molar-refractivity contribution in [2.24, 2.45) is 0 Å². The molecule has 0 bridgehead atoms. The number of hydrogen-bond donors (Lipinski definition) is 0. The number of nitriles is 4. The maximum Gasteiger partial charge on any atom is 0.162 e. The summed E-state index contributed by atoms with van der Waals surface area (Å²) >= 11 is 35.1. The molecule has 2 radical (unpaired) electrons. The number of rotatable bonds is 4. The molecule has 8 rings (SSSR count). The van der Waals surface area contributed by atoms with E-state index in [0.29, 0.717) is 21.0 Å². The van der Waals surface area contributed by atoms with Crippen LogP contribution >= 0.6 is 216 Å². The Balaban J connectivity index is -0.000000797. The Labute approximate surface area is 543 Å². The molecule has 0 spiro atoms. The monoisotopic (exact) mass is 1800 g/mol. The molecule has 0 fully saturated rings. The third-order valence-electron chi connectivity index (χ3n) is 7.42. The number of alkyl halides is 5. The van der Waals surface area contributed by atoms with Crippen molar-refractivity contribution in [1.82, 2.24) is 17.5 Å². The van der Waals surface area contributed by atoms with Gasteiger partial charge in [0.15, 0.2) is 10.3 Å². The fourth-order valence-electron chi connectivity index (χ4n) is 4.76. The van der Waals surface area contributed by atoms with E-state index in [0.717, 1.165) is 59.7 Å². The Kier molecular flexibility index (Phi) is 45.6. The van der Waals surface area contributed by atoms with Gasteiger partial charge in [0.25, 0.3) is 0 Å². The molecule has 0 aliphatic rings. The second-order valence-electron chi connectivity index (χ2n) is 11.3. The van der Waals surface area contributed by atoms with Crippen LogP contribution in [0.2, 0.25) is 14.6 Å². The number of aromatic nitrogens is 4. The topological polar surface area (TPSA) is 147 Å². The molecule has 0 atom stereocenters. The van der Waals surface area contributed by atoms with Gasteiger partial charge in [-0.05, 0) is 69.7 Å². The van der Waals surface area contributed by atoms with E-state index in [1.165, 1.54) is 37.0 Å². The number of nitrogens with zero attached hydrogens (tertiary/aromatic N) is 8. The molecule has 69 heavy (non-hydrogen) atoms. The van der Waals surface area contributed by atoms with Gasteiger partial charge in [0.05, 0.1) is 33.9 Å². The van der Waals surface area contributed by atoms with E-state index in [1.54, 1.807) is 0 Å². The van der Waals surface area contributed by atoms with Crippen LogP contribution in [0.4, 0.5) is 0 Å². The SMILES string of the molecule is C.Cc1nsc(-c2ccccc2)c1C#N.IC(I)I.ICI.N#Cc1c(-c2ccccc2)nsc1-c1ccccc1.N#Cc1c(Cl)nsc1-c1ccccc1.N#Cc1c(Cl)nsc1Cl.[CH2-]I.[CH3-].[V].[V]. The smallest absolute Gasteiger partial charge is 0.162 e. The van der Waals surface area contributed by atoms with Gasteiger partial charge in [-0.3, -0.25) is 4.93 Å². The predicted molar refractivity (Wildman–Crippen MR) is 340 cm³/mol. The molecule has 0 amide bonds. The third-order valence-corrected chi connectivity index (χ3v) is 12.0. The predicted octanol–water partition coefficient (Wildman–Crippen LogP) is 19.7. The molecule has 0 N–H and O–H groups in total. The van der Waals surface area contributed by atoms with Crippen LogP contribution in [0.15, 0.2) is 121 Å². The van der Waals surface area contributed by atoms with Gasteiger partial charge < -0.3 is 30.0 Å². The molecule has 8 aromatic rings. The molecule has 4 aromatic carbocycles. The maximum absolute atomic E-state index is 9.43. The van der Waals surface area contributed by atoms with Crippen LogP contribution in [-0.4, -0.2) is 19.9 Å². The van der Waals surface area contributed by atoms with Crippen LogP contribution < -0.4 is 0 Å². The molecule has 23 heteroatoms. The van der Waals surface area contributed by atoms with Crippen molar-refractivity contribution in [3.8, 4) is 66.9 Å². The average molecular weight is 1800 g/mol. The Hall–Kier alpha value is -0.221. The summed E-state index contributed by atoms with van der Waals surface area (Å²) in [5.41, 5.74) is 7.73. The Morgan fingerprint density at radius 3 is 1.13 bits per heavy atom. The quantitative estimate of drug-likeness (QED) is 0.0961. The molecule has 0 unspecified atom stereocenters. The van der Waals surface area contributed by atoms with E-state index in [-0.39, 0.29) is 67.8 Å². The van der Waals surface area contributed by atoms with Crippen LogP contribution in [0.1, 0.15) is 35.4 Å². The molecular formula is C46H35Cl3I6N8S4V2-2. The summed E-state index contributed by atoms with van der Waals surface area (Å²) in [6.07, 6.45) is 0. The van der Waals surface area contributed by atoms with Gasteiger partial charge >= 0.3 is 0 Å². The summed E-state index contributed by atoms with van der Waals surface area (Å²) < 4.78 is 18.5. The van der Waals surface area contributed by atoms with Gasteiger partial charge in [-0.1, -0.05) is 277 Å². The fraction of sp³-hybridized carbons (Fsp3) is 0.0870. The minimum Gasteiger partial charge on any atom is -0.358 e. The molecule has 358 valence electrons. The molecular weight excluding hydrogens is 1760 g/mol. The van der Waals surface area contributed by atoms with Gasteiger partial charge in [-0.25, -0.2) is 0 Å². The van der Waals surface area contributed by atoms with Gasteiger partial charge in [-0.15, -0.1) is 0 Å². The van der Waals surface area contributed by atoms with E-state index in [2.05, 4.69) is 154 Å². The minimum atomic E-state index is 0. The molecule has 4 heterocycles. The summed E-state index contributed by atoms with van der Waals surface area (Å²) in [6.45, 7) is 1.86. The summed E-state index contributed by atoms with van der Waals surface area (Å²) in [4.78, 5) is 5.95. The van der Waals surface area contributed by atoms with Crippen molar-refractivity contribution < 1.29 is 37.1 Å². The van der Waals surface area contributed by atoms with Crippen molar-refractivity contribution in [3.05, 3.63) is 176 Å². The minimum absolute atomic E-state index is 0. The summed E-state index contributed by atoms with van der Waals surface area (Å²) in [5.74, 6) is 0. The van der Waals surface area contributed by atoms with Crippen LogP contribution in [0.5, 0.6) is 0 Å². The second kappa shape index (κ2) is 43.1. The van der Waals surface area contributed by atoms with Crippen LogP contribution in [0, 0.1) is 64.6 Å². The molecule has 0 saturated heterocycles. The Morgan fingerprint density at radius 1 is 0.507 bits per heavy atom. The number of hydrogen-bond acceptors (Lipinski definition) is 12. The number of benzene rings is 4. The zero-order chi connectivity index (χ0) is 48.1. The standard InChI is InChI=1S/C16H10N2S.C11H8N2S.C10H5ClN2S.C4Cl2N2S.CHI3.CH2I2.CH2I.CH4.CH3.2V/c17-11-14-15(12-7-3-1-4-8-12)18-19-16(14)13-9-5-2-6-10-13;1-8-10(7-12)11(14-13-8)9-5-3-2-4-6-9;11-10-8(6-12)9(14-13-10)7-4-2-1-3-5-7;5-3-2(1-7)4(6)9-8-3;2-1(3)4;2-1-3;1-2;;;;/h1-10H;2-6H,1H3;1-5H;;1H;1H2;1H2;1H4;1H3;;/q;;;;;;-1;;-1;;. The van der Waals surface area contributed by atoms with Gasteiger partial charge in [0.1, 0.15) is 45.4 Å². The third kappa shape index (κ3) is 25.2. The van der Waals surface area contributed by atoms with Gasteiger partial charge in [0.2, 0.25) is 0 Å². The van der Waals surface area contributed by atoms with Gasteiger partial charge in [0, 0.05) is 42.7 Å². The first-order valence-electron chi connectivity index (χ1n) is 17.5. The first kappa shape index (κ1) is 73.0. The molecule has 0 saturated carbocycles.